The van der Waals surface area contributed by atoms with Crippen LogP contribution in [0.3, 0.4) is 0 Å². The van der Waals surface area contributed by atoms with Gasteiger partial charge in [-0.1, -0.05) is 31.2 Å². The molecule has 2 fully saturated rings. The van der Waals surface area contributed by atoms with Gasteiger partial charge in [-0.05, 0) is 57.1 Å². The lowest BCUT2D eigenvalue weighted by Gasteiger charge is -2.51. The molecular formula is C19H30N2. The minimum atomic E-state index is 0.234. The van der Waals surface area contributed by atoms with E-state index in [2.05, 4.69) is 62.2 Å². The smallest absolute Gasteiger partial charge is 0.0309 e. The minimum Gasteiger partial charge on any atom is -0.308 e. The Balaban J connectivity index is 1.73. The van der Waals surface area contributed by atoms with Gasteiger partial charge in [0.1, 0.15) is 0 Å². The molecule has 1 aliphatic heterocycles. The molecule has 0 spiro atoms. The van der Waals surface area contributed by atoms with Crippen molar-refractivity contribution < 1.29 is 0 Å². The van der Waals surface area contributed by atoms with Gasteiger partial charge in [0, 0.05) is 30.7 Å². The average molecular weight is 286 g/mol. The van der Waals surface area contributed by atoms with E-state index in [1.165, 1.54) is 30.5 Å². The Hall–Kier alpha value is -0.860. The molecule has 1 aromatic carbocycles. The summed E-state index contributed by atoms with van der Waals surface area (Å²) < 4.78 is 0. The van der Waals surface area contributed by atoms with Gasteiger partial charge in [-0.25, -0.2) is 0 Å². The molecule has 1 aliphatic carbocycles. The predicted molar refractivity (Wildman–Crippen MR) is 89.4 cm³/mol. The maximum atomic E-state index is 3.84. The van der Waals surface area contributed by atoms with Crippen LogP contribution in [0, 0.1) is 5.92 Å². The van der Waals surface area contributed by atoms with E-state index in [0.29, 0.717) is 5.54 Å². The first-order valence-electron chi connectivity index (χ1n) is 8.51. The molecule has 2 aliphatic rings. The second kappa shape index (κ2) is 5.40. The van der Waals surface area contributed by atoms with Crippen molar-refractivity contribution in [2.75, 3.05) is 13.1 Å². The van der Waals surface area contributed by atoms with E-state index in [-0.39, 0.29) is 5.54 Å². The summed E-state index contributed by atoms with van der Waals surface area (Å²) in [5, 5.41) is 3.84. The molecule has 116 valence electrons. The average Bonchev–Trinajstić information content (AvgIpc) is 3.29. The van der Waals surface area contributed by atoms with Crippen LogP contribution in [0.1, 0.15) is 51.7 Å². The van der Waals surface area contributed by atoms with Crippen LogP contribution in [0.5, 0.6) is 0 Å². The highest BCUT2D eigenvalue weighted by molar-refractivity contribution is 5.23. The van der Waals surface area contributed by atoms with Gasteiger partial charge in [0.25, 0.3) is 0 Å². The molecule has 1 heterocycles. The van der Waals surface area contributed by atoms with Crippen LogP contribution in [0.2, 0.25) is 0 Å². The summed E-state index contributed by atoms with van der Waals surface area (Å²) in [7, 11) is 0. The third-order valence-electron chi connectivity index (χ3n) is 5.58. The summed E-state index contributed by atoms with van der Waals surface area (Å²) in [5.74, 6) is 0.888. The summed E-state index contributed by atoms with van der Waals surface area (Å²) in [5.41, 5.74) is 3.43. The Morgan fingerprint density at radius 3 is 2.29 bits per heavy atom. The standard InChI is InChI=1S/C19H30N2/c1-5-15-6-8-16(9-7-15)12-21-14-19(4,17-10-11-17)20-13-18(21,2)3/h6-9,17,20H,5,10-14H2,1-4H3. The first-order chi connectivity index (χ1) is 9.93. The Morgan fingerprint density at radius 1 is 1.10 bits per heavy atom. The van der Waals surface area contributed by atoms with Crippen LogP contribution in [0.15, 0.2) is 24.3 Å². The zero-order valence-corrected chi connectivity index (χ0v) is 14.1. The lowest BCUT2D eigenvalue weighted by Crippen LogP contribution is -2.67. The fourth-order valence-corrected chi connectivity index (χ4v) is 3.56. The van der Waals surface area contributed by atoms with Crippen molar-refractivity contribution in [1.29, 1.82) is 0 Å². The Morgan fingerprint density at radius 2 is 1.71 bits per heavy atom. The van der Waals surface area contributed by atoms with Gasteiger partial charge < -0.3 is 5.32 Å². The highest BCUT2D eigenvalue weighted by Gasteiger charge is 2.47. The van der Waals surface area contributed by atoms with Gasteiger partial charge in [0.15, 0.2) is 0 Å². The number of piperazine rings is 1. The number of benzene rings is 1. The second-order valence-corrected chi connectivity index (χ2v) is 7.88. The van der Waals surface area contributed by atoms with Crippen molar-refractivity contribution in [3.63, 3.8) is 0 Å². The first-order valence-corrected chi connectivity index (χ1v) is 8.51. The number of hydrogen-bond acceptors (Lipinski definition) is 2. The molecule has 2 nitrogen and oxygen atoms in total. The summed E-state index contributed by atoms with van der Waals surface area (Å²) in [6.07, 6.45) is 3.94. The molecule has 1 atom stereocenters. The van der Waals surface area contributed by atoms with Crippen LogP contribution in [0.4, 0.5) is 0 Å². The lowest BCUT2D eigenvalue weighted by atomic mass is 9.86. The molecule has 0 bridgehead atoms. The van der Waals surface area contributed by atoms with Crippen molar-refractivity contribution in [2.24, 2.45) is 5.92 Å². The zero-order valence-electron chi connectivity index (χ0n) is 14.1. The molecule has 0 amide bonds. The van der Waals surface area contributed by atoms with E-state index in [1.807, 2.05) is 0 Å². The van der Waals surface area contributed by atoms with Gasteiger partial charge >= 0.3 is 0 Å². The van der Waals surface area contributed by atoms with E-state index >= 15 is 0 Å². The predicted octanol–water partition coefficient (Wildman–Crippen LogP) is 3.60. The van der Waals surface area contributed by atoms with Gasteiger partial charge in [-0.15, -0.1) is 0 Å². The fourth-order valence-electron chi connectivity index (χ4n) is 3.56. The van der Waals surface area contributed by atoms with Gasteiger partial charge in [-0.2, -0.15) is 0 Å². The molecule has 1 saturated heterocycles. The summed E-state index contributed by atoms with van der Waals surface area (Å²) in [6, 6.07) is 9.19. The van der Waals surface area contributed by atoms with E-state index < -0.39 is 0 Å². The first kappa shape index (κ1) is 15.1. The number of nitrogens with one attached hydrogen (secondary N) is 1. The number of aryl methyl sites for hydroxylation is 1. The van der Waals surface area contributed by atoms with Crippen molar-refractivity contribution in [2.45, 2.75) is 64.6 Å². The summed E-state index contributed by atoms with van der Waals surface area (Å²) >= 11 is 0. The third kappa shape index (κ3) is 3.17. The van der Waals surface area contributed by atoms with Gasteiger partial charge in [-0.3, -0.25) is 4.90 Å². The molecule has 1 saturated carbocycles. The van der Waals surface area contributed by atoms with E-state index in [1.54, 1.807) is 0 Å². The topological polar surface area (TPSA) is 15.3 Å². The van der Waals surface area contributed by atoms with E-state index in [9.17, 15) is 0 Å². The van der Waals surface area contributed by atoms with Gasteiger partial charge in [0.05, 0.1) is 0 Å². The Bertz CT molecular complexity index is 487. The van der Waals surface area contributed by atoms with Crippen LogP contribution < -0.4 is 5.32 Å². The van der Waals surface area contributed by atoms with E-state index in [0.717, 1.165) is 25.4 Å². The molecule has 0 aromatic heterocycles. The highest BCUT2D eigenvalue weighted by Crippen LogP contribution is 2.42. The molecule has 1 unspecified atom stereocenters. The van der Waals surface area contributed by atoms with Gasteiger partial charge in [0.2, 0.25) is 0 Å². The van der Waals surface area contributed by atoms with Crippen molar-refractivity contribution in [3.05, 3.63) is 35.4 Å². The Labute approximate surface area is 129 Å². The molecule has 2 heteroatoms. The molecule has 21 heavy (non-hydrogen) atoms. The number of hydrogen-bond donors (Lipinski definition) is 1. The van der Waals surface area contributed by atoms with Crippen LogP contribution in [0.25, 0.3) is 0 Å². The maximum Gasteiger partial charge on any atom is 0.0309 e. The molecule has 3 rings (SSSR count). The minimum absolute atomic E-state index is 0.234. The zero-order chi connectivity index (χ0) is 15.1. The summed E-state index contributed by atoms with van der Waals surface area (Å²) in [6.45, 7) is 12.7. The summed E-state index contributed by atoms with van der Waals surface area (Å²) in [4.78, 5) is 2.68. The monoisotopic (exact) mass is 286 g/mol. The molecular weight excluding hydrogens is 256 g/mol. The van der Waals surface area contributed by atoms with Crippen molar-refractivity contribution in [3.8, 4) is 0 Å². The van der Waals surface area contributed by atoms with Crippen LogP contribution >= 0.6 is 0 Å². The second-order valence-electron chi connectivity index (χ2n) is 7.88. The van der Waals surface area contributed by atoms with Crippen molar-refractivity contribution >= 4 is 0 Å². The number of rotatable bonds is 4. The van der Waals surface area contributed by atoms with Crippen molar-refractivity contribution in [1.82, 2.24) is 10.2 Å². The molecule has 0 radical (unpaired) electrons. The highest BCUT2D eigenvalue weighted by atomic mass is 15.3. The molecule has 1 aromatic rings. The number of nitrogens with zero attached hydrogens (tertiary/aromatic N) is 1. The van der Waals surface area contributed by atoms with E-state index in [4.69, 9.17) is 0 Å². The van der Waals surface area contributed by atoms with Crippen LogP contribution in [-0.4, -0.2) is 29.1 Å². The Kier molecular flexibility index (Phi) is 3.87. The maximum absolute atomic E-state index is 3.84. The van der Waals surface area contributed by atoms with Crippen LogP contribution in [-0.2, 0) is 13.0 Å². The normalized spacial score (nSPS) is 29.5. The fraction of sp³-hybridized carbons (Fsp3) is 0.684. The lowest BCUT2D eigenvalue weighted by molar-refractivity contribution is 0.0178. The third-order valence-corrected chi connectivity index (χ3v) is 5.58. The SMILES string of the molecule is CCc1ccc(CN2CC(C)(C3CC3)NCC2(C)C)cc1. The molecule has 1 N–H and O–H groups in total. The quantitative estimate of drug-likeness (QED) is 0.910. The largest absolute Gasteiger partial charge is 0.308 e.